The molecule has 0 aromatic rings. The minimum absolute atomic E-state index is 0.0206. The Labute approximate surface area is 113 Å². The fraction of sp³-hybridized carbons (Fsp3) is 0.733. The van der Waals surface area contributed by atoms with Crippen LogP contribution in [0.1, 0.15) is 40.0 Å². The molecule has 0 amide bonds. The van der Waals surface area contributed by atoms with Crippen LogP contribution in [0.4, 0.5) is 0 Å². The summed E-state index contributed by atoms with van der Waals surface area (Å²) in [5.74, 6) is -0.870. The summed E-state index contributed by atoms with van der Waals surface area (Å²) in [5, 5.41) is 19.6. The molecule has 1 fully saturated rings. The molecule has 0 aliphatic heterocycles. The van der Waals surface area contributed by atoms with Gasteiger partial charge in [-0.1, -0.05) is 26.8 Å². The van der Waals surface area contributed by atoms with Crippen LogP contribution in [0.25, 0.3) is 0 Å². The Bertz CT molecular complexity index is 437. The Morgan fingerprint density at radius 2 is 2.05 bits per heavy atom. The van der Waals surface area contributed by atoms with Crippen LogP contribution in [0.2, 0.25) is 0 Å². The quantitative estimate of drug-likeness (QED) is 0.819. The highest BCUT2D eigenvalue weighted by molar-refractivity contribution is 5.94. The Hall–Kier alpha value is -1.16. The van der Waals surface area contributed by atoms with E-state index >= 15 is 0 Å². The van der Waals surface area contributed by atoms with Gasteiger partial charge in [0.05, 0.1) is 11.5 Å². The van der Waals surface area contributed by atoms with Crippen LogP contribution in [0.5, 0.6) is 0 Å². The number of hydrogen-bond donors (Lipinski definition) is 2. The summed E-state index contributed by atoms with van der Waals surface area (Å²) in [4.78, 5) is 23.8. The van der Waals surface area contributed by atoms with Gasteiger partial charge in [-0.25, -0.2) is 4.79 Å². The predicted molar refractivity (Wildman–Crippen MR) is 70.5 cm³/mol. The van der Waals surface area contributed by atoms with Crippen LogP contribution >= 0.6 is 0 Å². The molecule has 0 spiro atoms. The summed E-state index contributed by atoms with van der Waals surface area (Å²) in [6.07, 6.45) is 2.56. The van der Waals surface area contributed by atoms with E-state index in [1.807, 2.05) is 20.8 Å². The predicted octanol–water partition coefficient (Wildman–Crippen LogP) is 2.02. The second-order valence-electron chi connectivity index (χ2n) is 6.30. The lowest BCUT2D eigenvalue weighted by atomic mass is 9.63. The molecule has 106 valence electrons. The second kappa shape index (κ2) is 4.75. The fourth-order valence-electron chi connectivity index (χ4n) is 3.91. The van der Waals surface area contributed by atoms with Crippen LogP contribution in [0.3, 0.4) is 0 Å². The zero-order valence-corrected chi connectivity index (χ0v) is 11.7. The molecule has 1 saturated carbocycles. The Balaban J connectivity index is 2.54. The average molecular weight is 266 g/mol. The van der Waals surface area contributed by atoms with E-state index in [9.17, 15) is 19.8 Å². The standard InChI is InChI=1S/C15H22O4/c1-8(2)13(17)15-7-10(14(18)19)4-5-11(15)9(3)6-12(15)16/h7-9,11-12,16H,4-6H2,1-3H3,(H,18,19). The second-order valence-corrected chi connectivity index (χ2v) is 6.30. The van der Waals surface area contributed by atoms with Gasteiger partial charge in [-0.15, -0.1) is 0 Å². The van der Waals surface area contributed by atoms with E-state index in [4.69, 9.17) is 0 Å². The Kier molecular flexibility index (Phi) is 3.56. The summed E-state index contributed by atoms with van der Waals surface area (Å²) >= 11 is 0. The number of aliphatic hydroxyl groups excluding tert-OH is 1. The van der Waals surface area contributed by atoms with E-state index in [0.29, 0.717) is 19.3 Å². The number of fused-ring (bicyclic) bond motifs is 1. The van der Waals surface area contributed by atoms with E-state index in [2.05, 4.69) is 0 Å². The molecule has 0 bridgehead atoms. The number of hydrogen-bond acceptors (Lipinski definition) is 3. The average Bonchev–Trinajstić information content (AvgIpc) is 2.60. The third-order valence-corrected chi connectivity index (χ3v) is 4.81. The molecular weight excluding hydrogens is 244 g/mol. The minimum atomic E-state index is -0.973. The zero-order valence-electron chi connectivity index (χ0n) is 11.7. The zero-order chi connectivity index (χ0) is 14.4. The molecule has 4 atom stereocenters. The van der Waals surface area contributed by atoms with Crippen molar-refractivity contribution in [2.45, 2.75) is 46.1 Å². The number of ketones is 1. The molecule has 2 N–H and O–H groups in total. The maximum absolute atomic E-state index is 12.6. The topological polar surface area (TPSA) is 74.6 Å². The van der Waals surface area contributed by atoms with Crippen LogP contribution < -0.4 is 0 Å². The van der Waals surface area contributed by atoms with Gasteiger partial charge in [-0.3, -0.25) is 4.79 Å². The molecule has 2 rings (SSSR count). The first-order chi connectivity index (χ1) is 8.80. The highest BCUT2D eigenvalue weighted by Crippen LogP contribution is 2.55. The molecule has 4 heteroatoms. The summed E-state index contributed by atoms with van der Waals surface area (Å²) in [6.45, 7) is 5.67. The van der Waals surface area contributed by atoms with Crippen LogP contribution in [0, 0.1) is 23.2 Å². The van der Waals surface area contributed by atoms with Crippen molar-refractivity contribution in [1.29, 1.82) is 0 Å². The summed E-state index contributed by atoms with van der Waals surface area (Å²) in [6, 6.07) is 0. The summed E-state index contributed by atoms with van der Waals surface area (Å²) < 4.78 is 0. The molecule has 0 saturated heterocycles. The highest BCUT2D eigenvalue weighted by atomic mass is 16.4. The van der Waals surface area contributed by atoms with Gasteiger partial charge in [0, 0.05) is 11.5 Å². The monoisotopic (exact) mass is 266 g/mol. The third-order valence-electron chi connectivity index (χ3n) is 4.81. The Morgan fingerprint density at radius 1 is 1.42 bits per heavy atom. The number of carboxylic acid groups (broad SMARTS) is 1. The first-order valence-corrected chi connectivity index (χ1v) is 6.98. The molecule has 19 heavy (non-hydrogen) atoms. The van der Waals surface area contributed by atoms with Crippen molar-refractivity contribution in [2.24, 2.45) is 23.2 Å². The Morgan fingerprint density at radius 3 is 2.58 bits per heavy atom. The number of carbonyl (C=O) groups is 2. The molecule has 2 aliphatic rings. The third kappa shape index (κ3) is 2.02. The molecule has 4 nitrogen and oxygen atoms in total. The largest absolute Gasteiger partial charge is 0.478 e. The van der Waals surface area contributed by atoms with Crippen molar-refractivity contribution in [1.82, 2.24) is 0 Å². The number of carboxylic acids is 1. The van der Waals surface area contributed by atoms with Crippen LogP contribution in [-0.4, -0.2) is 28.1 Å². The lowest BCUT2D eigenvalue weighted by Crippen LogP contribution is -2.46. The van der Waals surface area contributed by atoms with Gasteiger partial charge in [0.2, 0.25) is 0 Å². The van der Waals surface area contributed by atoms with E-state index in [-0.39, 0.29) is 29.1 Å². The van der Waals surface area contributed by atoms with Crippen molar-refractivity contribution in [3.63, 3.8) is 0 Å². The van der Waals surface area contributed by atoms with E-state index in [0.717, 1.165) is 0 Å². The van der Waals surface area contributed by atoms with Gasteiger partial charge < -0.3 is 10.2 Å². The number of Topliss-reactive ketones (excluding diaryl/α,β-unsaturated/α-hetero) is 1. The number of aliphatic hydroxyl groups is 1. The maximum atomic E-state index is 12.6. The highest BCUT2D eigenvalue weighted by Gasteiger charge is 2.58. The lowest BCUT2D eigenvalue weighted by Gasteiger charge is -2.40. The van der Waals surface area contributed by atoms with Crippen LogP contribution in [0.15, 0.2) is 11.6 Å². The molecular formula is C15H22O4. The number of carbonyl (C=O) groups excluding carboxylic acids is 1. The molecule has 0 heterocycles. The normalized spacial score (nSPS) is 37.9. The first kappa shape index (κ1) is 14.3. The van der Waals surface area contributed by atoms with E-state index in [1.165, 1.54) is 0 Å². The fourth-order valence-corrected chi connectivity index (χ4v) is 3.91. The van der Waals surface area contributed by atoms with Gasteiger partial charge in [0.25, 0.3) is 0 Å². The molecule has 0 aromatic heterocycles. The van der Waals surface area contributed by atoms with Gasteiger partial charge in [0.1, 0.15) is 5.78 Å². The number of rotatable bonds is 3. The van der Waals surface area contributed by atoms with Gasteiger partial charge >= 0.3 is 5.97 Å². The van der Waals surface area contributed by atoms with Gasteiger partial charge in [-0.05, 0) is 31.1 Å². The SMILES string of the molecule is CC(C)C(=O)C12C=C(C(=O)O)CCC1C(C)CC2O. The summed E-state index contributed by atoms with van der Waals surface area (Å²) in [7, 11) is 0. The van der Waals surface area contributed by atoms with Crippen molar-refractivity contribution in [3.8, 4) is 0 Å². The van der Waals surface area contributed by atoms with Crippen molar-refractivity contribution >= 4 is 11.8 Å². The minimum Gasteiger partial charge on any atom is -0.478 e. The van der Waals surface area contributed by atoms with Crippen molar-refractivity contribution in [3.05, 3.63) is 11.6 Å². The van der Waals surface area contributed by atoms with Gasteiger partial charge in [0.15, 0.2) is 0 Å². The molecule has 0 aromatic carbocycles. The van der Waals surface area contributed by atoms with E-state index in [1.54, 1.807) is 6.08 Å². The smallest absolute Gasteiger partial charge is 0.331 e. The molecule has 0 radical (unpaired) electrons. The molecule has 2 aliphatic carbocycles. The summed E-state index contributed by atoms with van der Waals surface area (Å²) in [5.41, 5.74) is -0.696. The molecule has 4 unspecified atom stereocenters. The lowest BCUT2D eigenvalue weighted by molar-refractivity contribution is -0.137. The maximum Gasteiger partial charge on any atom is 0.331 e. The van der Waals surface area contributed by atoms with E-state index < -0.39 is 17.5 Å². The van der Waals surface area contributed by atoms with Crippen molar-refractivity contribution in [2.75, 3.05) is 0 Å². The van der Waals surface area contributed by atoms with Crippen molar-refractivity contribution < 1.29 is 19.8 Å². The number of aliphatic carboxylic acids is 1. The van der Waals surface area contributed by atoms with Crippen LogP contribution in [-0.2, 0) is 9.59 Å². The first-order valence-electron chi connectivity index (χ1n) is 6.98. The van der Waals surface area contributed by atoms with Gasteiger partial charge in [-0.2, -0.15) is 0 Å².